The summed E-state index contributed by atoms with van der Waals surface area (Å²) in [6, 6.07) is 15.9. The number of halogens is 3. The van der Waals surface area contributed by atoms with Gasteiger partial charge in [0, 0.05) is 5.69 Å². The minimum atomic E-state index is -4.83. The molecular formula is C24H21F3N2O5S. The van der Waals surface area contributed by atoms with E-state index >= 15 is 0 Å². The lowest BCUT2D eigenvalue weighted by Crippen LogP contribution is -2.48. The van der Waals surface area contributed by atoms with Gasteiger partial charge in [0.05, 0.1) is 17.1 Å². The highest BCUT2D eigenvalue weighted by molar-refractivity contribution is 7.92. The van der Waals surface area contributed by atoms with Crippen LogP contribution in [0.25, 0.3) is 0 Å². The minimum Gasteiger partial charge on any atom is -0.476 e. The highest BCUT2D eigenvalue weighted by atomic mass is 32.2. The van der Waals surface area contributed by atoms with E-state index in [4.69, 9.17) is 4.74 Å². The molecule has 1 aliphatic heterocycles. The zero-order valence-electron chi connectivity index (χ0n) is 18.7. The molecule has 1 aliphatic rings. The van der Waals surface area contributed by atoms with Gasteiger partial charge in [-0.2, -0.15) is 0 Å². The third-order valence-corrected chi connectivity index (χ3v) is 7.04. The Labute approximate surface area is 200 Å². The summed E-state index contributed by atoms with van der Waals surface area (Å²) in [5.41, 5.74) is 2.19. The quantitative estimate of drug-likeness (QED) is 0.538. The minimum absolute atomic E-state index is 0.0657. The number of benzene rings is 3. The average Bonchev–Trinajstić information content (AvgIpc) is 2.78. The number of hydrogen-bond acceptors (Lipinski definition) is 5. The van der Waals surface area contributed by atoms with Gasteiger partial charge in [-0.1, -0.05) is 23.8 Å². The fraction of sp³-hybridized carbons (Fsp3) is 0.208. The summed E-state index contributed by atoms with van der Waals surface area (Å²) >= 11 is 0. The summed E-state index contributed by atoms with van der Waals surface area (Å²) in [6.07, 6.45) is -6.05. The Morgan fingerprint density at radius 3 is 2.26 bits per heavy atom. The van der Waals surface area contributed by atoms with Crippen molar-refractivity contribution in [2.75, 3.05) is 16.2 Å². The normalized spacial score (nSPS) is 15.7. The molecule has 35 heavy (non-hydrogen) atoms. The van der Waals surface area contributed by atoms with Gasteiger partial charge in [-0.3, -0.25) is 9.10 Å². The molecular weight excluding hydrogens is 485 g/mol. The van der Waals surface area contributed by atoms with Crippen LogP contribution in [0.5, 0.6) is 11.5 Å². The lowest BCUT2D eigenvalue weighted by molar-refractivity contribution is -0.274. The maximum Gasteiger partial charge on any atom is 0.573 e. The van der Waals surface area contributed by atoms with Crippen LogP contribution in [0.4, 0.5) is 24.5 Å². The Hall–Kier alpha value is -3.73. The molecule has 1 atom stereocenters. The van der Waals surface area contributed by atoms with Crippen molar-refractivity contribution in [1.82, 2.24) is 0 Å². The van der Waals surface area contributed by atoms with Crippen LogP contribution in [-0.4, -0.2) is 33.3 Å². The summed E-state index contributed by atoms with van der Waals surface area (Å²) in [5.74, 6) is -0.879. The monoisotopic (exact) mass is 506 g/mol. The van der Waals surface area contributed by atoms with Crippen molar-refractivity contribution >= 4 is 27.3 Å². The molecule has 0 radical (unpaired) electrons. The van der Waals surface area contributed by atoms with Gasteiger partial charge >= 0.3 is 6.36 Å². The van der Waals surface area contributed by atoms with Crippen LogP contribution in [0.15, 0.2) is 71.6 Å². The van der Waals surface area contributed by atoms with Crippen LogP contribution in [0, 0.1) is 13.8 Å². The zero-order valence-corrected chi connectivity index (χ0v) is 19.5. The third-order valence-electron chi connectivity index (χ3n) is 5.24. The number of nitrogens with zero attached hydrogens (tertiary/aromatic N) is 1. The van der Waals surface area contributed by atoms with E-state index in [9.17, 15) is 26.4 Å². The first-order valence-electron chi connectivity index (χ1n) is 10.5. The van der Waals surface area contributed by atoms with Crippen molar-refractivity contribution in [2.24, 2.45) is 0 Å². The first-order chi connectivity index (χ1) is 16.4. The van der Waals surface area contributed by atoms with E-state index in [1.807, 2.05) is 6.92 Å². The molecule has 0 fully saturated rings. The highest BCUT2D eigenvalue weighted by Gasteiger charge is 2.38. The van der Waals surface area contributed by atoms with Crippen molar-refractivity contribution < 1.29 is 35.9 Å². The van der Waals surface area contributed by atoms with Crippen LogP contribution in [0.3, 0.4) is 0 Å². The number of aryl methyl sites for hydroxylation is 2. The molecule has 0 saturated heterocycles. The number of amides is 1. The molecule has 3 aromatic carbocycles. The van der Waals surface area contributed by atoms with Crippen molar-refractivity contribution in [3.05, 3.63) is 77.9 Å². The number of carbonyl (C=O) groups excluding carboxylic acids is 1. The van der Waals surface area contributed by atoms with E-state index in [-0.39, 0.29) is 22.9 Å². The maximum absolute atomic E-state index is 13.5. The van der Waals surface area contributed by atoms with Crippen molar-refractivity contribution in [1.29, 1.82) is 0 Å². The summed E-state index contributed by atoms with van der Waals surface area (Å²) in [4.78, 5) is 13.0. The van der Waals surface area contributed by atoms with Gasteiger partial charge in [-0.15, -0.1) is 13.2 Å². The molecule has 1 N–H and O–H groups in total. The molecule has 1 heterocycles. The molecule has 0 bridgehead atoms. The topological polar surface area (TPSA) is 84.9 Å². The number of rotatable bonds is 5. The smallest absolute Gasteiger partial charge is 0.476 e. The number of fused-ring (bicyclic) bond motifs is 1. The van der Waals surface area contributed by atoms with Crippen LogP contribution < -0.4 is 19.1 Å². The van der Waals surface area contributed by atoms with Gasteiger partial charge in [0.2, 0.25) is 0 Å². The van der Waals surface area contributed by atoms with E-state index in [1.165, 1.54) is 24.3 Å². The second-order valence-electron chi connectivity index (χ2n) is 7.99. The van der Waals surface area contributed by atoms with Gasteiger partial charge in [-0.25, -0.2) is 8.42 Å². The van der Waals surface area contributed by atoms with Crippen LogP contribution >= 0.6 is 0 Å². The Morgan fingerprint density at radius 2 is 1.63 bits per heavy atom. The van der Waals surface area contributed by atoms with Gasteiger partial charge in [0.15, 0.2) is 6.10 Å². The standard InChI is InChI=1S/C24H21F3N2O5S/c1-15-3-10-19(11-4-15)35(31,32)29-14-22(33-21-13-16(2)5-12-20(21)29)23(30)28-17-6-8-18(9-7-17)34-24(25,26)27/h3-13,22H,14H2,1-2H3,(H,28,30)/t22-/m0/s1. The Bertz CT molecular complexity index is 1340. The van der Waals surface area contributed by atoms with Crippen molar-refractivity contribution in [3.63, 3.8) is 0 Å². The van der Waals surface area contributed by atoms with Gasteiger partial charge < -0.3 is 14.8 Å². The van der Waals surface area contributed by atoms with Gasteiger partial charge in [0.1, 0.15) is 11.5 Å². The number of carbonyl (C=O) groups is 1. The largest absolute Gasteiger partial charge is 0.573 e. The molecule has 4 rings (SSSR count). The fourth-order valence-corrected chi connectivity index (χ4v) is 5.00. The van der Waals surface area contributed by atoms with Crippen LogP contribution in [0.2, 0.25) is 0 Å². The lowest BCUT2D eigenvalue weighted by Gasteiger charge is -2.35. The number of ether oxygens (including phenoxy) is 2. The predicted molar refractivity (Wildman–Crippen MR) is 123 cm³/mol. The van der Waals surface area contributed by atoms with E-state index < -0.39 is 34.1 Å². The van der Waals surface area contributed by atoms with E-state index in [1.54, 1.807) is 37.3 Å². The summed E-state index contributed by atoms with van der Waals surface area (Å²) in [7, 11) is -4.02. The number of sulfonamides is 1. The van der Waals surface area contributed by atoms with Gasteiger partial charge in [0.25, 0.3) is 15.9 Å². The lowest BCUT2D eigenvalue weighted by atomic mass is 10.1. The molecule has 0 unspecified atom stereocenters. The molecule has 0 aromatic heterocycles. The molecule has 1 amide bonds. The number of nitrogens with one attached hydrogen (secondary N) is 1. The van der Waals surface area contributed by atoms with Crippen molar-refractivity contribution in [2.45, 2.75) is 31.2 Å². The zero-order chi connectivity index (χ0) is 25.4. The first kappa shape index (κ1) is 24.4. The third kappa shape index (κ3) is 5.51. The maximum atomic E-state index is 13.5. The Kier molecular flexibility index (Phi) is 6.37. The first-order valence-corrected chi connectivity index (χ1v) is 11.9. The molecule has 0 saturated carbocycles. The van der Waals surface area contributed by atoms with E-state index in [0.717, 1.165) is 27.6 Å². The highest BCUT2D eigenvalue weighted by Crippen LogP contribution is 2.38. The molecule has 11 heteroatoms. The van der Waals surface area contributed by atoms with Crippen molar-refractivity contribution in [3.8, 4) is 11.5 Å². The predicted octanol–water partition coefficient (Wildman–Crippen LogP) is 4.80. The summed E-state index contributed by atoms with van der Waals surface area (Å²) in [5, 5.41) is 2.54. The number of anilines is 2. The van der Waals surface area contributed by atoms with E-state index in [2.05, 4.69) is 10.1 Å². The fourth-order valence-electron chi connectivity index (χ4n) is 3.53. The number of hydrogen-bond donors (Lipinski definition) is 1. The molecule has 0 spiro atoms. The second-order valence-corrected chi connectivity index (χ2v) is 9.85. The number of alkyl halides is 3. The molecule has 0 aliphatic carbocycles. The SMILES string of the molecule is Cc1ccc(S(=O)(=O)N2C[C@@H](C(=O)Nc3ccc(OC(F)(F)F)cc3)Oc3cc(C)ccc32)cc1. The molecule has 184 valence electrons. The van der Waals surface area contributed by atoms with Crippen LogP contribution in [-0.2, 0) is 14.8 Å². The molecule has 7 nitrogen and oxygen atoms in total. The summed E-state index contributed by atoms with van der Waals surface area (Å²) in [6.45, 7) is 3.34. The Morgan fingerprint density at radius 1 is 1.00 bits per heavy atom. The van der Waals surface area contributed by atoms with E-state index in [0.29, 0.717) is 5.69 Å². The molecule has 3 aromatic rings. The second kappa shape index (κ2) is 9.14. The van der Waals surface area contributed by atoms with Crippen LogP contribution in [0.1, 0.15) is 11.1 Å². The average molecular weight is 507 g/mol. The van der Waals surface area contributed by atoms with Gasteiger partial charge in [-0.05, 0) is 67.9 Å². The Balaban J connectivity index is 1.60. The summed E-state index contributed by atoms with van der Waals surface area (Å²) < 4.78 is 74.8.